The minimum Gasteiger partial charge on any atom is -0.465 e. The van der Waals surface area contributed by atoms with Gasteiger partial charge in [0.15, 0.2) is 0 Å². The topological polar surface area (TPSA) is 78.9 Å². The van der Waals surface area contributed by atoms with Crippen molar-refractivity contribution in [1.29, 1.82) is 0 Å². The van der Waals surface area contributed by atoms with Crippen LogP contribution in [-0.4, -0.2) is 48.3 Å². The summed E-state index contributed by atoms with van der Waals surface area (Å²) in [5.41, 5.74) is -1.03. The Labute approximate surface area is 155 Å². The van der Waals surface area contributed by atoms with E-state index >= 15 is 0 Å². The smallest absolute Gasteiger partial charge is 0.418 e. The molecule has 9 heteroatoms. The molecule has 150 valence electrons. The lowest BCUT2D eigenvalue weighted by molar-refractivity contribution is -0.137. The molecule has 0 aliphatic carbocycles. The SMILES string of the molecule is COC(=O)c1ccc(C(F)(F)F)c(N[C@@H](C)[C@H]2CCN(C(=O)O)C[C@H]2C)c1. The fourth-order valence-corrected chi connectivity index (χ4v) is 3.59. The molecule has 0 saturated carbocycles. The number of esters is 1. The van der Waals surface area contributed by atoms with E-state index < -0.39 is 23.8 Å². The van der Waals surface area contributed by atoms with Gasteiger partial charge in [0.25, 0.3) is 0 Å². The van der Waals surface area contributed by atoms with Crippen LogP contribution in [0, 0.1) is 11.8 Å². The molecular formula is C18H23F3N2O4. The van der Waals surface area contributed by atoms with Gasteiger partial charge < -0.3 is 20.1 Å². The second kappa shape index (κ2) is 8.06. The van der Waals surface area contributed by atoms with Crippen LogP contribution in [0.5, 0.6) is 0 Å². The minimum absolute atomic E-state index is 0.0107. The first kappa shape index (κ1) is 20.9. The molecule has 0 bridgehead atoms. The van der Waals surface area contributed by atoms with Gasteiger partial charge in [-0.3, -0.25) is 0 Å². The van der Waals surface area contributed by atoms with Crippen molar-refractivity contribution in [1.82, 2.24) is 4.90 Å². The zero-order chi connectivity index (χ0) is 20.4. The van der Waals surface area contributed by atoms with Crippen LogP contribution in [0.15, 0.2) is 18.2 Å². The van der Waals surface area contributed by atoms with Gasteiger partial charge >= 0.3 is 18.2 Å². The highest BCUT2D eigenvalue weighted by molar-refractivity contribution is 5.90. The van der Waals surface area contributed by atoms with E-state index in [1.165, 1.54) is 4.90 Å². The first-order chi connectivity index (χ1) is 12.5. The summed E-state index contributed by atoms with van der Waals surface area (Å²) in [6.07, 6.45) is -5.03. The lowest BCUT2D eigenvalue weighted by atomic mass is 9.82. The largest absolute Gasteiger partial charge is 0.465 e. The van der Waals surface area contributed by atoms with E-state index in [1.807, 2.05) is 6.92 Å². The number of carbonyl (C=O) groups excluding carboxylic acids is 1. The number of anilines is 1. The molecule has 1 aromatic carbocycles. The highest BCUT2D eigenvalue weighted by Gasteiger charge is 2.36. The van der Waals surface area contributed by atoms with Crippen LogP contribution < -0.4 is 5.32 Å². The minimum atomic E-state index is -4.57. The molecule has 27 heavy (non-hydrogen) atoms. The lowest BCUT2D eigenvalue weighted by Gasteiger charge is -2.39. The van der Waals surface area contributed by atoms with Gasteiger partial charge in [0.1, 0.15) is 0 Å². The number of likely N-dealkylation sites (tertiary alicyclic amines) is 1. The summed E-state index contributed by atoms with van der Waals surface area (Å²) in [7, 11) is 1.16. The van der Waals surface area contributed by atoms with Crippen LogP contribution in [-0.2, 0) is 10.9 Å². The second-order valence-electron chi connectivity index (χ2n) is 6.84. The third-order valence-corrected chi connectivity index (χ3v) is 5.01. The molecule has 0 aromatic heterocycles. The molecule has 1 fully saturated rings. The third-order valence-electron chi connectivity index (χ3n) is 5.01. The van der Waals surface area contributed by atoms with Crippen LogP contribution in [0.3, 0.4) is 0 Å². The Morgan fingerprint density at radius 1 is 1.37 bits per heavy atom. The molecule has 1 aliphatic rings. The fraction of sp³-hybridized carbons (Fsp3) is 0.556. The maximum Gasteiger partial charge on any atom is 0.418 e. The zero-order valence-corrected chi connectivity index (χ0v) is 15.3. The Morgan fingerprint density at radius 2 is 2.04 bits per heavy atom. The maximum atomic E-state index is 13.3. The average molecular weight is 388 g/mol. The van der Waals surface area contributed by atoms with E-state index in [9.17, 15) is 22.8 Å². The maximum absolute atomic E-state index is 13.3. The number of rotatable bonds is 4. The zero-order valence-electron chi connectivity index (χ0n) is 15.3. The Balaban J connectivity index is 2.24. The van der Waals surface area contributed by atoms with Crippen molar-refractivity contribution >= 4 is 17.7 Å². The van der Waals surface area contributed by atoms with E-state index in [2.05, 4.69) is 10.1 Å². The monoisotopic (exact) mass is 388 g/mol. The van der Waals surface area contributed by atoms with Gasteiger partial charge in [-0.05, 0) is 43.4 Å². The van der Waals surface area contributed by atoms with Crippen molar-refractivity contribution in [2.75, 3.05) is 25.5 Å². The molecule has 0 spiro atoms. The van der Waals surface area contributed by atoms with Crippen LogP contribution in [0.25, 0.3) is 0 Å². The number of hydrogen-bond acceptors (Lipinski definition) is 4. The first-order valence-corrected chi connectivity index (χ1v) is 8.58. The van der Waals surface area contributed by atoms with Gasteiger partial charge in [-0.2, -0.15) is 13.2 Å². The van der Waals surface area contributed by atoms with Crippen molar-refractivity contribution in [2.24, 2.45) is 11.8 Å². The Morgan fingerprint density at radius 3 is 2.56 bits per heavy atom. The number of carboxylic acid groups (broad SMARTS) is 1. The summed E-state index contributed by atoms with van der Waals surface area (Å²) in [5.74, 6) is -0.749. The van der Waals surface area contributed by atoms with Gasteiger partial charge in [0, 0.05) is 24.8 Å². The molecule has 1 amide bonds. The number of nitrogens with one attached hydrogen (secondary N) is 1. The molecule has 1 heterocycles. The van der Waals surface area contributed by atoms with E-state index in [1.54, 1.807) is 6.92 Å². The Hall–Kier alpha value is -2.45. The van der Waals surface area contributed by atoms with Gasteiger partial charge in [0.2, 0.25) is 0 Å². The van der Waals surface area contributed by atoms with Crippen molar-refractivity contribution in [2.45, 2.75) is 32.5 Å². The van der Waals surface area contributed by atoms with Crippen LogP contribution in [0.1, 0.15) is 36.2 Å². The quantitative estimate of drug-likeness (QED) is 0.764. The normalized spacial score (nSPS) is 21.5. The molecule has 0 radical (unpaired) electrons. The Kier molecular flexibility index (Phi) is 6.22. The van der Waals surface area contributed by atoms with E-state index in [0.29, 0.717) is 19.5 Å². The molecule has 0 unspecified atom stereocenters. The number of benzene rings is 1. The standard InChI is InChI=1S/C18H23F3N2O4/c1-10-9-23(17(25)26)7-6-13(10)11(2)22-15-8-12(16(24)27-3)4-5-14(15)18(19,20)21/h4-5,8,10-11,13,22H,6-7,9H2,1-3H3,(H,25,26)/t10-,11+,13+/m1/s1. The second-order valence-corrected chi connectivity index (χ2v) is 6.84. The third kappa shape index (κ3) is 4.84. The molecule has 1 aromatic rings. The first-order valence-electron chi connectivity index (χ1n) is 8.58. The molecule has 3 atom stereocenters. The predicted octanol–water partition coefficient (Wildman–Crippen LogP) is 3.93. The number of ether oxygens (including phenoxy) is 1. The number of alkyl halides is 3. The van der Waals surface area contributed by atoms with Gasteiger partial charge in [-0.15, -0.1) is 0 Å². The van der Waals surface area contributed by atoms with Gasteiger partial charge in [-0.25, -0.2) is 9.59 Å². The molecular weight excluding hydrogens is 365 g/mol. The number of halogens is 3. The predicted molar refractivity (Wildman–Crippen MR) is 92.7 cm³/mol. The fourth-order valence-electron chi connectivity index (χ4n) is 3.59. The Bertz CT molecular complexity index is 708. The summed E-state index contributed by atoms with van der Waals surface area (Å²) in [4.78, 5) is 24.1. The summed E-state index contributed by atoms with van der Waals surface area (Å²) in [5, 5.41) is 12.0. The highest BCUT2D eigenvalue weighted by atomic mass is 19.4. The van der Waals surface area contributed by atoms with Crippen LogP contribution in [0.4, 0.5) is 23.7 Å². The van der Waals surface area contributed by atoms with Crippen molar-refractivity contribution in [3.8, 4) is 0 Å². The van der Waals surface area contributed by atoms with Crippen molar-refractivity contribution in [3.63, 3.8) is 0 Å². The summed E-state index contributed by atoms with van der Waals surface area (Å²) in [6, 6.07) is 2.74. The number of nitrogens with zero attached hydrogens (tertiary/aromatic N) is 1. The number of piperidine rings is 1. The van der Waals surface area contributed by atoms with Gasteiger partial charge in [0.05, 0.1) is 18.2 Å². The number of carbonyl (C=O) groups is 2. The number of methoxy groups -OCH3 is 1. The number of amides is 1. The average Bonchev–Trinajstić information content (AvgIpc) is 2.59. The summed E-state index contributed by atoms with van der Waals surface area (Å²) < 4.78 is 44.6. The van der Waals surface area contributed by atoms with Crippen LogP contribution in [0.2, 0.25) is 0 Å². The van der Waals surface area contributed by atoms with Crippen molar-refractivity contribution in [3.05, 3.63) is 29.3 Å². The van der Waals surface area contributed by atoms with E-state index in [4.69, 9.17) is 5.11 Å². The summed E-state index contributed by atoms with van der Waals surface area (Å²) in [6.45, 7) is 4.32. The summed E-state index contributed by atoms with van der Waals surface area (Å²) >= 11 is 0. The molecule has 1 saturated heterocycles. The lowest BCUT2D eigenvalue weighted by Crippen LogP contribution is -2.46. The van der Waals surface area contributed by atoms with Crippen molar-refractivity contribution < 1.29 is 32.6 Å². The van der Waals surface area contributed by atoms with Crippen LogP contribution >= 0.6 is 0 Å². The van der Waals surface area contributed by atoms with E-state index in [-0.39, 0.29) is 29.1 Å². The van der Waals surface area contributed by atoms with Gasteiger partial charge in [-0.1, -0.05) is 6.92 Å². The molecule has 2 rings (SSSR count). The molecule has 2 N–H and O–H groups in total. The molecule has 1 aliphatic heterocycles. The number of hydrogen-bond donors (Lipinski definition) is 2. The highest BCUT2D eigenvalue weighted by Crippen LogP contribution is 2.37. The molecule has 6 nitrogen and oxygen atoms in total. The van der Waals surface area contributed by atoms with E-state index in [0.717, 1.165) is 25.3 Å².